The Labute approximate surface area is 302 Å². The smallest absolute Gasteiger partial charge is 0.309 e. The molecule has 0 N–H and O–H groups in total. The number of benzene rings is 3. The van der Waals surface area contributed by atoms with E-state index in [1.165, 1.54) is 21.6 Å². The number of piperazine rings is 1. The number of nitrogens with zero attached hydrogens (tertiary/aromatic N) is 6. The molecule has 2 fully saturated rings. The maximum absolute atomic E-state index is 13.8. The second-order valence-corrected chi connectivity index (χ2v) is 15.7. The maximum atomic E-state index is 13.8. The normalized spacial score (nSPS) is 18.7. The maximum Gasteiger partial charge on any atom is 0.309 e. The highest BCUT2D eigenvalue weighted by molar-refractivity contribution is 8.18. The van der Waals surface area contributed by atoms with Gasteiger partial charge >= 0.3 is 5.97 Å². The molecular formula is C38H40N6O5S2. The monoisotopic (exact) mass is 724 g/mol. The van der Waals surface area contributed by atoms with E-state index >= 15 is 0 Å². The Kier molecular flexibility index (Phi) is 10.5. The van der Waals surface area contributed by atoms with Crippen LogP contribution in [-0.4, -0.2) is 95.2 Å². The minimum atomic E-state index is -3.84. The highest BCUT2D eigenvalue weighted by Crippen LogP contribution is 2.35. The summed E-state index contributed by atoms with van der Waals surface area (Å²) in [5, 5.41) is 5.59. The lowest BCUT2D eigenvalue weighted by Crippen LogP contribution is -2.47. The van der Waals surface area contributed by atoms with E-state index in [1.54, 1.807) is 35.9 Å². The summed E-state index contributed by atoms with van der Waals surface area (Å²) in [7, 11) is -3.84. The minimum Gasteiger partial charge on any atom is -0.466 e. The molecule has 0 aliphatic carbocycles. The molecule has 3 aromatic carbocycles. The van der Waals surface area contributed by atoms with E-state index < -0.39 is 10.0 Å². The van der Waals surface area contributed by atoms with Crippen molar-refractivity contribution in [3.8, 4) is 16.9 Å². The number of hydrogen-bond acceptors (Lipinski definition) is 9. The lowest BCUT2D eigenvalue weighted by atomic mass is 9.98. The number of aromatic nitrogens is 2. The van der Waals surface area contributed by atoms with Crippen molar-refractivity contribution in [3.63, 3.8) is 0 Å². The van der Waals surface area contributed by atoms with Gasteiger partial charge < -0.3 is 9.64 Å². The Morgan fingerprint density at radius 3 is 2.33 bits per heavy atom. The van der Waals surface area contributed by atoms with Crippen molar-refractivity contribution in [1.29, 1.82) is 0 Å². The van der Waals surface area contributed by atoms with Gasteiger partial charge in [-0.1, -0.05) is 60.7 Å². The van der Waals surface area contributed by atoms with Gasteiger partial charge in [-0.2, -0.15) is 14.4 Å². The molecule has 2 saturated heterocycles. The third-order valence-electron chi connectivity index (χ3n) is 9.37. The van der Waals surface area contributed by atoms with Crippen LogP contribution in [0.1, 0.15) is 30.9 Å². The van der Waals surface area contributed by atoms with Gasteiger partial charge in [-0.15, -0.1) is 0 Å². The number of thioether (sulfide) groups is 1. The first-order valence-electron chi connectivity index (χ1n) is 17.2. The summed E-state index contributed by atoms with van der Waals surface area (Å²) in [6.45, 7) is 6.73. The van der Waals surface area contributed by atoms with Crippen LogP contribution < -0.4 is 0 Å². The summed E-state index contributed by atoms with van der Waals surface area (Å²) < 4.78 is 35.9. The summed E-state index contributed by atoms with van der Waals surface area (Å²) in [4.78, 5) is 35.1. The fourth-order valence-electron chi connectivity index (χ4n) is 6.59. The van der Waals surface area contributed by atoms with E-state index in [0.29, 0.717) is 46.3 Å². The molecule has 264 valence electrons. The van der Waals surface area contributed by atoms with Crippen LogP contribution in [0.5, 0.6) is 0 Å². The van der Waals surface area contributed by atoms with Gasteiger partial charge in [-0.25, -0.2) is 13.1 Å². The zero-order valence-electron chi connectivity index (χ0n) is 28.4. The van der Waals surface area contributed by atoms with Crippen LogP contribution >= 0.6 is 11.8 Å². The van der Waals surface area contributed by atoms with Gasteiger partial charge in [-0.05, 0) is 67.4 Å². The second kappa shape index (κ2) is 15.4. The van der Waals surface area contributed by atoms with E-state index in [4.69, 9.17) is 9.84 Å². The number of carbonyl (C=O) groups excluding carboxylic acids is 2. The molecule has 0 spiro atoms. The Bertz CT molecular complexity index is 2050. The molecule has 51 heavy (non-hydrogen) atoms. The number of amidine groups is 1. The Balaban J connectivity index is 1.11. The number of sulfonamides is 1. The summed E-state index contributed by atoms with van der Waals surface area (Å²) in [5.74, 6) is -0.877. The number of aliphatic imine (C=N–C) groups is 1. The lowest BCUT2D eigenvalue weighted by Gasteiger charge is -2.35. The minimum absolute atomic E-state index is 0.144. The van der Waals surface area contributed by atoms with E-state index in [2.05, 4.69) is 39.1 Å². The third-order valence-corrected chi connectivity index (χ3v) is 12.3. The molecule has 4 aromatic rings. The van der Waals surface area contributed by atoms with E-state index in [9.17, 15) is 18.0 Å². The molecule has 0 bridgehead atoms. The van der Waals surface area contributed by atoms with Crippen LogP contribution in [0.25, 0.3) is 23.0 Å². The van der Waals surface area contributed by atoms with Crippen molar-refractivity contribution in [2.45, 2.75) is 31.2 Å². The molecular weight excluding hydrogens is 685 g/mol. The van der Waals surface area contributed by atoms with Crippen molar-refractivity contribution in [1.82, 2.24) is 23.9 Å². The Morgan fingerprint density at radius 2 is 1.63 bits per heavy atom. The summed E-state index contributed by atoms with van der Waals surface area (Å²) in [6.07, 6.45) is 4.48. The molecule has 0 radical (unpaired) electrons. The number of amides is 1. The number of carbonyl (C=O) groups is 2. The van der Waals surface area contributed by atoms with Crippen LogP contribution in [0.2, 0.25) is 0 Å². The van der Waals surface area contributed by atoms with E-state index in [1.807, 2.05) is 48.7 Å². The predicted molar refractivity (Wildman–Crippen MR) is 198 cm³/mol. The van der Waals surface area contributed by atoms with Gasteiger partial charge in [0.2, 0.25) is 10.0 Å². The fraction of sp³-hybridized carbons (Fsp3) is 0.316. The number of hydrogen-bond donors (Lipinski definition) is 0. The molecule has 1 aromatic heterocycles. The average molecular weight is 725 g/mol. The van der Waals surface area contributed by atoms with Crippen molar-refractivity contribution in [2.75, 3.05) is 45.9 Å². The summed E-state index contributed by atoms with van der Waals surface area (Å²) >= 11 is 1.36. The standard InChI is InChI=1S/C38H40N6O5S2/c1-2-49-37(46)29-16-18-43(19-17-29)51(47,48)33-15-9-12-30(24-33)35-31(27-44(40-35)32-13-7-4-8-14-32)25-34-36(45)39-38(50-34)42-22-20-41(21-23-42)26-28-10-5-3-6-11-28/h3-15,24-25,27,29H,2,16-23,26H2,1H3/b34-25-. The van der Waals surface area contributed by atoms with Gasteiger partial charge in [0, 0.05) is 63.1 Å². The second-order valence-electron chi connectivity index (χ2n) is 12.7. The van der Waals surface area contributed by atoms with Gasteiger partial charge in [0.15, 0.2) is 5.17 Å². The number of ether oxygens (including phenoxy) is 1. The van der Waals surface area contributed by atoms with Crippen molar-refractivity contribution in [2.24, 2.45) is 10.9 Å². The number of para-hydroxylation sites is 1. The molecule has 11 nitrogen and oxygen atoms in total. The molecule has 0 unspecified atom stereocenters. The van der Waals surface area contributed by atoms with Crippen LogP contribution in [0.15, 0.2) is 106 Å². The van der Waals surface area contributed by atoms with Gasteiger partial charge in [0.05, 0.1) is 28.0 Å². The number of esters is 1. The van der Waals surface area contributed by atoms with Gasteiger partial charge in [-0.3, -0.25) is 14.5 Å². The molecule has 1 amide bonds. The van der Waals surface area contributed by atoms with Crippen molar-refractivity contribution in [3.05, 3.63) is 107 Å². The highest BCUT2D eigenvalue weighted by atomic mass is 32.2. The zero-order valence-corrected chi connectivity index (χ0v) is 30.1. The predicted octanol–water partition coefficient (Wildman–Crippen LogP) is 5.29. The molecule has 4 heterocycles. The van der Waals surface area contributed by atoms with Crippen LogP contribution in [-0.2, 0) is 30.9 Å². The topological polar surface area (TPSA) is 117 Å². The molecule has 7 rings (SSSR count). The Hall–Kier alpha value is -4.56. The van der Waals surface area contributed by atoms with Crippen LogP contribution in [0, 0.1) is 5.92 Å². The molecule has 3 aliphatic heterocycles. The largest absolute Gasteiger partial charge is 0.466 e. The molecule has 3 aliphatic rings. The number of piperidine rings is 1. The average Bonchev–Trinajstić information content (AvgIpc) is 3.76. The van der Waals surface area contributed by atoms with E-state index in [0.717, 1.165) is 38.4 Å². The molecule has 0 atom stereocenters. The fourth-order valence-corrected chi connectivity index (χ4v) is 9.06. The van der Waals surface area contributed by atoms with Crippen molar-refractivity contribution >= 4 is 44.9 Å². The number of rotatable bonds is 9. The van der Waals surface area contributed by atoms with Gasteiger partial charge in [0.25, 0.3) is 5.91 Å². The summed E-state index contributed by atoms with van der Waals surface area (Å²) in [6, 6.07) is 26.8. The third kappa shape index (κ3) is 7.86. The first-order chi connectivity index (χ1) is 24.8. The first-order valence-corrected chi connectivity index (χ1v) is 19.5. The zero-order chi connectivity index (χ0) is 35.4. The van der Waals surface area contributed by atoms with E-state index in [-0.39, 0.29) is 35.8 Å². The first kappa shape index (κ1) is 34.9. The van der Waals surface area contributed by atoms with Crippen LogP contribution in [0.4, 0.5) is 0 Å². The molecule has 0 saturated carbocycles. The summed E-state index contributed by atoms with van der Waals surface area (Å²) in [5.41, 5.74) is 3.92. The SMILES string of the molecule is CCOC(=O)C1CCN(S(=O)(=O)c2cccc(-c3nn(-c4ccccc4)cc3/C=C3\SC(N4CCN(Cc5ccccc5)CC4)=NC3=O)c2)CC1. The van der Waals surface area contributed by atoms with Crippen molar-refractivity contribution < 1.29 is 22.7 Å². The quantitative estimate of drug-likeness (QED) is 0.168. The lowest BCUT2D eigenvalue weighted by molar-refractivity contribution is -0.149. The van der Waals surface area contributed by atoms with Gasteiger partial charge in [0.1, 0.15) is 5.69 Å². The highest BCUT2D eigenvalue weighted by Gasteiger charge is 2.33. The Morgan fingerprint density at radius 1 is 0.922 bits per heavy atom. The molecule has 13 heteroatoms. The van der Waals surface area contributed by atoms with Crippen LogP contribution in [0.3, 0.4) is 0 Å².